The zero-order valence-corrected chi connectivity index (χ0v) is 13.7. The first kappa shape index (κ1) is 16.9. The summed E-state index contributed by atoms with van der Waals surface area (Å²) in [7, 11) is 0. The lowest BCUT2D eigenvalue weighted by atomic mass is 10.1. The standard InChI is InChI=1S/C15H25N3OS/c1-5-11-19-14-13(18(6-2)7-3)10-9-12(17-16)15(14)20-8-4/h9-10,15H,5-8,11H2,1-4H3. The van der Waals surface area contributed by atoms with E-state index in [-0.39, 0.29) is 5.25 Å². The Kier molecular flexibility index (Phi) is 7.48. The molecule has 0 saturated carbocycles. The Hall–Kier alpha value is -1.19. The highest BCUT2D eigenvalue weighted by atomic mass is 32.2. The molecule has 1 aliphatic rings. The van der Waals surface area contributed by atoms with Crippen LogP contribution in [0, 0.1) is 0 Å². The van der Waals surface area contributed by atoms with Gasteiger partial charge in [-0.15, -0.1) is 11.8 Å². The van der Waals surface area contributed by atoms with E-state index in [0.717, 1.165) is 36.7 Å². The number of rotatable bonds is 8. The Morgan fingerprint density at radius 1 is 1.25 bits per heavy atom. The molecule has 0 N–H and O–H groups in total. The van der Waals surface area contributed by atoms with Crippen molar-refractivity contribution in [3.8, 4) is 0 Å². The van der Waals surface area contributed by atoms with Crippen LogP contribution in [-0.4, -0.2) is 46.1 Å². The molecule has 4 nitrogen and oxygen atoms in total. The molecule has 5 heteroatoms. The van der Waals surface area contributed by atoms with Gasteiger partial charge in [0.15, 0.2) is 5.25 Å². The molecule has 0 aromatic heterocycles. The number of hydrogen-bond donors (Lipinski definition) is 0. The van der Waals surface area contributed by atoms with Crippen LogP contribution in [0.3, 0.4) is 0 Å². The number of thioether (sulfide) groups is 1. The van der Waals surface area contributed by atoms with E-state index in [4.69, 9.17) is 4.74 Å². The molecule has 112 valence electrons. The van der Waals surface area contributed by atoms with Gasteiger partial charge in [-0.3, -0.25) is 0 Å². The van der Waals surface area contributed by atoms with Crippen molar-refractivity contribution in [2.75, 3.05) is 25.4 Å². The van der Waals surface area contributed by atoms with Gasteiger partial charge in [-0.2, -0.15) is 4.79 Å². The van der Waals surface area contributed by atoms with E-state index in [1.165, 1.54) is 0 Å². The summed E-state index contributed by atoms with van der Waals surface area (Å²) in [5, 5.41) is -0.0165. The number of nitrogens with zero attached hydrogens (tertiary/aromatic N) is 3. The van der Waals surface area contributed by atoms with E-state index >= 15 is 0 Å². The van der Waals surface area contributed by atoms with Gasteiger partial charge in [0.1, 0.15) is 5.76 Å². The number of likely N-dealkylation sites (N-methyl/N-ethyl adjacent to an activating group) is 1. The van der Waals surface area contributed by atoms with Crippen molar-refractivity contribution in [2.45, 2.75) is 39.4 Å². The van der Waals surface area contributed by atoms with Crippen LogP contribution in [0.5, 0.6) is 0 Å². The highest BCUT2D eigenvalue weighted by Crippen LogP contribution is 2.30. The van der Waals surface area contributed by atoms with E-state index in [1.54, 1.807) is 11.8 Å². The largest absolute Gasteiger partial charge is 0.494 e. The molecule has 0 bridgehead atoms. The molecule has 0 spiro atoms. The van der Waals surface area contributed by atoms with Crippen molar-refractivity contribution in [3.63, 3.8) is 0 Å². The minimum atomic E-state index is -0.0165. The van der Waals surface area contributed by atoms with Crippen LogP contribution in [0.15, 0.2) is 23.6 Å². The molecule has 1 unspecified atom stereocenters. The van der Waals surface area contributed by atoms with E-state index in [1.807, 2.05) is 12.2 Å². The highest BCUT2D eigenvalue weighted by molar-refractivity contribution is 8.00. The predicted octanol–water partition coefficient (Wildman–Crippen LogP) is 3.33. The van der Waals surface area contributed by atoms with Crippen LogP contribution in [0.1, 0.15) is 34.1 Å². The van der Waals surface area contributed by atoms with Crippen molar-refractivity contribution in [1.82, 2.24) is 4.90 Å². The van der Waals surface area contributed by atoms with Gasteiger partial charge in [0.05, 0.1) is 12.3 Å². The van der Waals surface area contributed by atoms with Gasteiger partial charge >= 0.3 is 5.71 Å². The Morgan fingerprint density at radius 2 is 1.95 bits per heavy atom. The fraction of sp³-hybridized carbons (Fsp3) is 0.667. The fourth-order valence-corrected chi connectivity index (χ4v) is 3.17. The van der Waals surface area contributed by atoms with Crippen molar-refractivity contribution in [3.05, 3.63) is 29.1 Å². The lowest BCUT2D eigenvalue weighted by molar-refractivity contribution is -0.00656. The molecular weight excluding hydrogens is 270 g/mol. The zero-order chi connectivity index (χ0) is 15.0. The monoisotopic (exact) mass is 295 g/mol. The van der Waals surface area contributed by atoms with Gasteiger partial charge < -0.3 is 15.2 Å². The molecule has 1 aliphatic carbocycles. The normalized spacial score (nSPS) is 18.2. The fourth-order valence-electron chi connectivity index (χ4n) is 2.20. The molecular formula is C15H25N3OS. The summed E-state index contributed by atoms with van der Waals surface area (Å²) < 4.78 is 6.00. The minimum Gasteiger partial charge on any atom is -0.494 e. The summed E-state index contributed by atoms with van der Waals surface area (Å²) in [6.45, 7) is 11.0. The van der Waals surface area contributed by atoms with Crippen molar-refractivity contribution in [2.24, 2.45) is 0 Å². The van der Waals surface area contributed by atoms with Crippen LogP contribution in [0.4, 0.5) is 0 Å². The molecule has 0 radical (unpaired) electrons. The Morgan fingerprint density at radius 3 is 2.45 bits per heavy atom. The van der Waals surface area contributed by atoms with E-state index in [2.05, 4.69) is 37.4 Å². The first-order valence-corrected chi connectivity index (χ1v) is 8.41. The highest BCUT2D eigenvalue weighted by Gasteiger charge is 2.33. The van der Waals surface area contributed by atoms with Crippen LogP contribution < -0.4 is 0 Å². The minimum absolute atomic E-state index is 0.0165. The average Bonchev–Trinajstić information content (AvgIpc) is 2.48. The zero-order valence-electron chi connectivity index (χ0n) is 12.9. The molecule has 0 fully saturated rings. The maximum absolute atomic E-state index is 9.20. The molecule has 0 aromatic carbocycles. The van der Waals surface area contributed by atoms with E-state index < -0.39 is 0 Å². The first-order chi connectivity index (χ1) is 9.73. The summed E-state index contributed by atoms with van der Waals surface area (Å²) in [6, 6.07) is 0. The third-order valence-corrected chi connectivity index (χ3v) is 4.31. The van der Waals surface area contributed by atoms with E-state index in [0.29, 0.717) is 12.3 Å². The third-order valence-electron chi connectivity index (χ3n) is 3.19. The Bertz CT molecular complexity index is 421. The molecule has 0 amide bonds. The van der Waals surface area contributed by atoms with Gasteiger partial charge in [-0.05, 0) is 32.1 Å². The van der Waals surface area contributed by atoms with Crippen LogP contribution in [-0.2, 0) is 4.74 Å². The lowest BCUT2D eigenvalue weighted by Crippen LogP contribution is -2.32. The molecule has 0 saturated heterocycles. The van der Waals surface area contributed by atoms with Crippen LogP contribution in [0.2, 0.25) is 0 Å². The number of ether oxygens (including phenoxy) is 1. The van der Waals surface area contributed by atoms with Crippen molar-refractivity contribution >= 4 is 17.5 Å². The van der Waals surface area contributed by atoms with Gasteiger partial charge in [-0.25, -0.2) is 0 Å². The molecule has 1 rings (SSSR count). The molecule has 0 aromatic rings. The van der Waals surface area contributed by atoms with Gasteiger partial charge in [0.2, 0.25) is 0 Å². The maximum atomic E-state index is 9.20. The summed E-state index contributed by atoms with van der Waals surface area (Å²) in [5.41, 5.74) is 11.0. The van der Waals surface area contributed by atoms with Crippen molar-refractivity contribution < 1.29 is 9.53 Å². The third kappa shape index (κ3) is 3.90. The van der Waals surface area contributed by atoms with Gasteiger partial charge in [0.25, 0.3) is 0 Å². The molecule has 20 heavy (non-hydrogen) atoms. The molecule has 0 heterocycles. The van der Waals surface area contributed by atoms with Gasteiger partial charge in [0, 0.05) is 19.2 Å². The van der Waals surface area contributed by atoms with Crippen molar-refractivity contribution in [1.29, 1.82) is 0 Å². The topological polar surface area (TPSA) is 48.9 Å². The van der Waals surface area contributed by atoms with Crippen LogP contribution in [0.25, 0.3) is 5.53 Å². The SMILES string of the molecule is CCCOC1=C(N(CC)CC)C=CC(=[N+]=[N-])C1SCC. The number of allylic oxidation sites excluding steroid dienone is 2. The lowest BCUT2D eigenvalue weighted by Gasteiger charge is -2.29. The number of hydrogen-bond acceptors (Lipinski definition) is 3. The first-order valence-electron chi connectivity index (χ1n) is 7.36. The van der Waals surface area contributed by atoms with Crippen LogP contribution >= 0.6 is 11.8 Å². The quantitative estimate of drug-likeness (QED) is 0.510. The molecule has 1 atom stereocenters. The second-order valence-corrected chi connectivity index (χ2v) is 5.85. The summed E-state index contributed by atoms with van der Waals surface area (Å²) >= 11 is 1.73. The smallest absolute Gasteiger partial charge is 0.312 e. The molecule has 0 aliphatic heterocycles. The van der Waals surface area contributed by atoms with E-state index in [9.17, 15) is 5.53 Å². The average molecular weight is 295 g/mol. The summed E-state index contributed by atoms with van der Waals surface area (Å²) in [4.78, 5) is 5.70. The second kappa shape index (κ2) is 8.88. The summed E-state index contributed by atoms with van der Waals surface area (Å²) in [6.07, 6.45) is 4.85. The predicted molar refractivity (Wildman–Crippen MR) is 85.9 cm³/mol. The Balaban J connectivity index is 3.20. The van der Waals surface area contributed by atoms with Gasteiger partial charge in [-0.1, -0.05) is 13.8 Å². The Labute approximate surface area is 126 Å². The second-order valence-electron chi connectivity index (χ2n) is 4.46. The summed E-state index contributed by atoms with van der Waals surface area (Å²) in [5.74, 6) is 1.87. The maximum Gasteiger partial charge on any atom is 0.312 e.